The molecule has 0 bridgehead atoms. The molecule has 0 unspecified atom stereocenters. The van der Waals surface area contributed by atoms with Gasteiger partial charge in [0.15, 0.2) is 5.81 Å². The van der Waals surface area contributed by atoms with Gasteiger partial charge in [0.2, 0.25) is 13.6 Å². The van der Waals surface area contributed by atoms with E-state index in [2.05, 4.69) is 19.2 Å². The normalized spacial score (nSPS) is 26.4. The van der Waals surface area contributed by atoms with Crippen molar-refractivity contribution in [2.24, 2.45) is 5.41 Å². The zero-order chi connectivity index (χ0) is 12.5. The summed E-state index contributed by atoms with van der Waals surface area (Å²) >= 11 is 0. The van der Waals surface area contributed by atoms with Crippen molar-refractivity contribution in [1.82, 2.24) is 5.32 Å². The number of nitrogens with one attached hydrogen (secondary N) is 1. The quantitative estimate of drug-likeness (QED) is 0.703. The van der Waals surface area contributed by atoms with Gasteiger partial charge in [-0.1, -0.05) is 19.9 Å². The van der Waals surface area contributed by atoms with E-state index in [-0.39, 0.29) is 5.41 Å². The fourth-order valence-electron chi connectivity index (χ4n) is 2.16. The maximum atomic E-state index is 11.0. The van der Waals surface area contributed by atoms with Crippen LogP contribution in [-0.4, -0.2) is 32.7 Å². The van der Waals surface area contributed by atoms with Crippen molar-refractivity contribution in [1.29, 1.82) is 0 Å². The van der Waals surface area contributed by atoms with E-state index >= 15 is 0 Å². The zero-order valence-corrected chi connectivity index (χ0v) is 10.4. The van der Waals surface area contributed by atoms with Crippen molar-refractivity contribution >= 4 is 13.7 Å². The van der Waals surface area contributed by atoms with Gasteiger partial charge < -0.3 is 14.8 Å². The molecule has 1 N–H and O–H groups in total. The molecular weight excluding hydrogens is 217 g/mol. The van der Waals surface area contributed by atoms with Gasteiger partial charge in [-0.15, -0.1) is 0 Å². The lowest BCUT2D eigenvalue weighted by molar-refractivity contribution is -0.284. The molecule has 1 amide bonds. The molecule has 0 aromatic carbocycles. The van der Waals surface area contributed by atoms with Gasteiger partial charge in [0.05, 0.1) is 18.9 Å². The maximum absolute atomic E-state index is 11.0. The van der Waals surface area contributed by atoms with E-state index in [1.165, 1.54) is 0 Å². The predicted octanol–water partition coefficient (Wildman–Crippen LogP) is 1.70. The number of carbonyl (C=O) groups is 1. The number of rotatable bonds is 1. The van der Waals surface area contributed by atoms with Crippen molar-refractivity contribution in [2.45, 2.75) is 38.9 Å². The minimum atomic E-state index is -0.789. The highest BCUT2D eigenvalue weighted by Gasteiger charge is 2.44. The SMILES string of the molecule is [B]C(=O)NC1=CCCCC12OCC(C)(C)CO2. The number of hydrogen-bond acceptors (Lipinski definition) is 3. The highest BCUT2D eigenvalue weighted by molar-refractivity contribution is 6.57. The Balaban J connectivity index is 2.15. The lowest BCUT2D eigenvalue weighted by Crippen LogP contribution is -2.53. The monoisotopic (exact) mass is 235 g/mol. The topological polar surface area (TPSA) is 47.6 Å². The molecule has 1 aliphatic heterocycles. The van der Waals surface area contributed by atoms with Crippen LogP contribution in [0.4, 0.5) is 4.79 Å². The van der Waals surface area contributed by atoms with Crippen LogP contribution in [0.15, 0.2) is 11.8 Å². The van der Waals surface area contributed by atoms with Crippen LogP contribution < -0.4 is 5.32 Å². The highest BCUT2D eigenvalue weighted by Crippen LogP contribution is 2.39. The lowest BCUT2D eigenvalue weighted by Gasteiger charge is -2.46. The fraction of sp³-hybridized carbons (Fsp3) is 0.750. The van der Waals surface area contributed by atoms with E-state index in [0.29, 0.717) is 18.9 Å². The van der Waals surface area contributed by atoms with Gasteiger partial charge in [0.25, 0.3) is 0 Å². The van der Waals surface area contributed by atoms with Gasteiger partial charge in [-0.2, -0.15) is 0 Å². The molecular formula is C12H18BNO3. The first-order chi connectivity index (χ1) is 7.94. The molecule has 92 valence electrons. The highest BCUT2D eigenvalue weighted by atomic mass is 16.7. The van der Waals surface area contributed by atoms with Crippen molar-refractivity contribution in [3.05, 3.63) is 11.8 Å². The lowest BCUT2D eigenvalue weighted by atomic mass is 9.90. The summed E-state index contributed by atoms with van der Waals surface area (Å²) in [5.41, 5.74) is 0.673. The molecule has 1 heterocycles. The van der Waals surface area contributed by atoms with Crippen LogP contribution in [0.3, 0.4) is 0 Å². The molecule has 1 spiro atoms. The third kappa shape index (κ3) is 2.72. The van der Waals surface area contributed by atoms with Crippen molar-refractivity contribution in [3.8, 4) is 0 Å². The van der Waals surface area contributed by atoms with Crippen LogP contribution in [0.5, 0.6) is 0 Å². The molecule has 1 fully saturated rings. The van der Waals surface area contributed by atoms with Gasteiger partial charge >= 0.3 is 0 Å². The summed E-state index contributed by atoms with van der Waals surface area (Å²) in [6.45, 7) is 5.41. The van der Waals surface area contributed by atoms with Crippen molar-refractivity contribution in [2.75, 3.05) is 13.2 Å². The summed E-state index contributed by atoms with van der Waals surface area (Å²) < 4.78 is 11.7. The average molecular weight is 235 g/mol. The second-order valence-electron chi connectivity index (χ2n) is 5.49. The van der Waals surface area contributed by atoms with Crippen LogP contribution in [0, 0.1) is 5.41 Å². The fourth-order valence-corrected chi connectivity index (χ4v) is 2.16. The third-order valence-corrected chi connectivity index (χ3v) is 3.12. The second kappa shape index (κ2) is 4.46. The molecule has 0 saturated carbocycles. The van der Waals surface area contributed by atoms with Gasteiger partial charge in [-0.05, 0) is 12.8 Å². The summed E-state index contributed by atoms with van der Waals surface area (Å²) in [5, 5.41) is 2.62. The first-order valence-electron chi connectivity index (χ1n) is 5.99. The maximum Gasteiger partial charge on any atom is 0.209 e. The van der Waals surface area contributed by atoms with Crippen LogP contribution in [0.1, 0.15) is 33.1 Å². The Bertz CT molecular complexity index is 342. The molecule has 2 aliphatic rings. The Hall–Kier alpha value is -0.805. The van der Waals surface area contributed by atoms with Gasteiger partial charge in [-0.25, -0.2) is 0 Å². The standard InChI is InChI=1S/C12H18BNO3/c1-11(2)7-16-12(17-8-11)6-4-3-5-9(12)14-10(13)15/h5H,3-4,6-8H2,1-2H3,(H,14,15). The Morgan fingerprint density at radius 3 is 2.65 bits per heavy atom. The Morgan fingerprint density at radius 2 is 2.06 bits per heavy atom. The van der Waals surface area contributed by atoms with E-state index in [9.17, 15) is 4.79 Å². The first-order valence-corrected chi connectivity index (χ1v) is 5.99. The van der Waals surface area contributed by atoms with E-state index in [4.69, 9.17) is 17.3 Å². The van der Waals surface area contributed by atoms with Crippen molar-refractivity contribution in [3.63, 3.8) is 0 Å². The summed E-state index contributed by atoms with van der Waals surface area (Å²) in [4.78, 5) is 11.0. The largest absolute Gasteiger partial charge is 0.344 e. The minimum Gasteiger partial charge on any atom is -0.344 e. The molecule has 2 rings (SSSR count). The van der Waals surface area contributed by atoms with E-state index in [0.717, 1.165) is 19.3 Å². The number of ether oxygens (including phenoxy) is 2. The summed E-state index contributed by atoms with van der Waals surface area (Å²) in [7, 11) is 5.16. The molecule has 4 nitrogen and oxygen atoms in total. The smallest absolute Gasteiger partial charge is 0.209 e. The van der Waals surface area contributed by atoms with E-state index in [1.807, 2.05) is 6.08 Å². The van der Waals surface area contributed by atoms with Crippen LogP contribution in [0.2, 0.25) is 0 Å². The average Bonchev–Trinajstić information content (AvgIpc) is 2.25. The van der Waals surface area contributed by atoms with Gasteiger partial charge in [0.1, 0.15) is 0 Å². The minimum absolute atomic E-state index is 0.0144. The number of amides is 1. The van der Waals surface area contributed by atoms with Gasteiger partial charge in [-0.3, -0.25) is 4.79 Å². The van der Waals surface area contributed by atoms with Gasteiger partial charge in [0, 0.05) is 11.8 Å². The van der Waals surface area contributed by atoms with E-state index in [1.54, 1.807) is 0 Å². The summed E-state index contributed by atoms with van der Waals surface area (Å²) in [6.07, 6.45) is 4.60. The van der Waals surface area contributed by atoms with Crippen LogP contribution >= 0.6 is 0 Å². The van der Waals surface area contributed by atoms with Crippen molar-refractivity contribution < 1.29 is 14.3 Å². The summed E-state index contributed by atoms with van der Waals surface area (Å²) in [6, 6.07) is 0. The van der Waals surface area contributed by atoms with E-state index < -0.39 is 11.6 Å². The Labute approximate surface area is 103 Å². The first kappa shape index (κ1) is 12.6. The predicted molar refractivity (Wildman–Crippen MR) is 64.6 cm³/mol. The molecule has 0 aromatic heterocycles. The molecule has 2 radical (unpaired) electrons. The number of hydrogen-bond donors (Lipinski definition) is 1. The molecule has 1 aliphatic carbocycles. The molecule has 1 saturated heterocycles. The third-order valence-electron chi connectivity index (χ3n) is 3.12. The van der Waals surface area contributed by atoms with Crippen LogP contribution in [-0.2, 0) is 9.47 Å². The second-order valence-corrected chi connectivity index (χ2v) is 5.49. The molecule has 0 aromatic rings. The summed E-state index contributed by atoms with van der Waals surface area (Å²) in [5.74, 6) is -1.36. The Kier molecular flexibility index (Phi) is 3.32. The zero-order valence-electron chi connectivity index (χ0n) is 10.4. The Morgan fingerprint density at radius 1 is 1.41 bits per heavy atom. The molecule has 0 atom stereocenters. The molecule has 17 heavy (non-hydrogen) atoms. The number of carbonyl (C=O) groups excluding carboxylic acids is 1. The number of allylic oxidation sites excluding steroid dienone is 1. The van der Waals surface area contributed by atoms with Crippen LogP contribution in [0.25, 0.3) is 0 Å². The molecule has 5 heteroatoms.